The topological polar surface area (TPSA) is 126 Å². The van der Waals surface area contributed by atoms with E-state index in [-0.39, 0.29) is 41.4 Å². The predicted molar refractivity (Wildman–Crippen MR) is 109 cm³/mol. The number of pyridine rings is 1. The van der Waals surface area contributed by atoms with E-state index in [1.54, 1.807) is 19.0 Å². The number of rotatable bonds is 8. The zero-order valence-electron chi connectivity index (χ0n) is 17.5. The number of nitrogens with zero attached hydrogens (tertiary/aromatic N) is 6. The molecule has 32 heavy (non-hydrogen) atoms. The number of nitrogens with two attached hydrogens (primary N) is 1. The summed E-state index contributed by atoms with van der Waals surface area (Å²) in [5, 5.41) is 26.2. The fraction of sp³-hybridized carbons (Fsp3) is 0.400. The van der Waals surface area contributed by atoms with Crippen LogP contribution in [-0.2, 0) is 13.2 Å². The average Bonchev–Trinajstić information content (AvgIpc) is 3.10. The van der Waals surface area contributed by atoms with Crippen LogP contribution in [0.5, 0.6) is 5.75 Å². The molecule has 1 aromatic carbocycles. The van der Waals surface area contributed by atoms with Crippen molar-refractivity contribution in [3.8, 4) is 23.1 Å². The van der Waals surface area contributed by atoms with Gasteiger partial charge < -0.3 is 20.5 Å². The van der Waals surface area contributed by atoms with Crippen LogP contribution in [-0.4, -0.2) is 63.0 Å². The molecule has 3 N–H and O–H groups in total. The highest BCUT2D eigenvalue weighted by Crippen LogP contribution is 2.39. The molecule has 1 atom stereocenters. The number of aliphatic hydroxyl groups is 1. The number of aromatic nitrogens is 4. The van der Waals surface area contributed by atoms with Crippen molar-refractivity contribution >= 4 is 11.0 Å². The summed E-state index contributed by atoms with van der Waals surface area (Å²) in [7, 11) is 3.35. The Kier molecular flexibility index (Phi) is 6.93. The van der Waals surface area contributed by atoms with E-state index in [1.165, 1.54) is 22.9 Å². The number of fused-ring (bicyclic) bond motifs is 1. The SMILES string of the molecule is CN(CCCOc1ccc(-c2cc3c(nnn3C)c(C#N)n2)cc1C(F)(F)F)CC(N)O. The van der Waals surface area contributed by atoms with Gasteiger partial charge in [0, 0.05) is 25.7 Å². The van der Waals surface area contributed by atoms with Gasteiger partial charge in [0.2, 0.25) is 0 Å². The Hall–Kier alpha value is -3.27. The maximum absolute atomic E-state index is 13.7. The van der Waals surface area contributed by atoms with Gasteiger partial charge in [-0.3, -0.25) is 0 Å². The molecule has 0 saturated heterocycles. The van der Waals surface area contributed by atoms with Gasteiger partial charge in [0.15, 0.2) is 5.69 Å². The van der Waals surface area contributed by atoms with E-state index >= 15 is 0 Å². The van der Waals surface area contributed by atoms with Crippen molar-refractivity contribution in [1.29, 1.82) is 5.26 Å². The molecule has 12 heteroatoms. The summed E-state index contributed by atoms with van der Waals surface area (Å²) in [6, 6.07) is 7.09. The molecule has 0 fully saturated rings. The van der Waals surface area contributed by atoms with Crippen molar-refractivity contribution in [3.63, 3.8) is 0 Å². The number of benzene rings is 1. The summed E-state index contributed by atoms with van der Waals surface area (Å²) in [6.45, 7) is 0.793. The van der Waals surface area contributed by atoms with Gasteiger partial charge in [-0.05, 0) is 37.7 Å². The molecule has 0 saturated carbocycles. The number of likely N-dealkylation sites (N-methyl/N-ethyl adjacent to an activating group) is 1. The Labute approximate surface area is 181 Å². The van der Waals surface area contributed by atoms with E-state index in [0.717, 1.165) is 6.07 Å². The number of nitriles is 1. The fourth-order valence-corrected chi connectivity index (χ4v) is 3.22. The van der Waals surface area contributed by atoms with Crippen molar-refractivity contribution in [3.05, 3.63) is 35.5 Å². The lowest BCUT2D eigenvalue weighted by molar-refractivity contribution is -0.138. The Morgan fingerprint density at radius 1 is 1.34 bits per heavy atom. The van der Waals surface area contributed by atoms with E-state index in [0.29, 0.717) is 18.5 Å². The second-order valence-electron chi connectivity index (χ2n) is 7.29. The Morgan fingerprint density at radius 3 is 2.75 bits per heavy atom. The largest absolute Gasteiger partial charge is 0.493 e. The van der Waals surface area contributed by atoms with Crippen LogP contribution >= 0.6 is 0 Å². The Bertz CT molecular complexity index is 1140. The maximum Gasteiger partial charge on any atom is 0.419 e. The standard InChI is InChI=1S/C20H22F3N7O2/c1-29(11-18(25)31)6-3-7-32-17-5-4-12(8-13(17)20(21,22)23)14-9-16-19(15(10-24)26-14)27-28-30(16)2/h4-5,8-9,18,31H,3,6-7,11,25H2,1-2H3. The van der Waals surface area contributed by atoms with Crippen molar-refractivity contribution < 1.29 is 23.0 Å². The molecule has 170 valence electrons. The minimum Gasteiger partial charge on any atom is -0.493 e. The summed E-state index contributed by atoms with van der Waals surface area (Å²) in [6.07, 6.45) is -5.19. The first-order valence-electron chi connectivity index (χ1n) is 9.67. The van der Waals surface area contributed by atoms with Crippen LogP contribution < -0.4 is 10.5 Å². The monoisotopic (exact) mass is 449 g/mol. The van der Waals surface area contributed by atoms with Crippen LogP contribution in [0.15, 0.2) is 24.3 Å². The highest BCUT2D eigenvalue weighted by atomic mass is 19.4. The first kappa shape index (κ1) is 23.4. The molecule has 0 radical (unpaired) electrons. The predicted octanol–water partition coefficient (Wildman–Crippen LogP) is 1.90. The maximum atomic E-state index is 13.7. The van der Waals surface area contributed by atoms with Gasteiger partial charge in [-0.15, -0.1) is 5.10 Å². The summed E-state index contributed by atoms with van der Waals surface area (Å²) in [5.41, 5.74) is 5.47. The van der Waals surface area contributed by atoms with Gasteiger partial charge in [-0.25, -0.2) is 9.67 Å². The molecular weight excluding hydrogens is 427 g/mol. The summed E-state index contributed by atoms with van der Waals surface area (Å²) >= 11 is 0. The lowest BCUT2D eigenvalue weighted by Crippen LogP contribution is -2.35. The third-order valence-corrected chi connectivity index (χ3v) is 4.73. The van der Waals surface area contributed by atoms with E-state index < -0.39 is 18.0 Å². The minimum atomic E-state index is -4.65. The molecule has 1 unspecified atom stereocenters. The van der Waals surface area contributed by atoms with Crippen LogP contribution in [0.25, 0.3) is 22.3 Å². The van der Waals surface area contributed by atoms with Crippen LogP contribution in [0.2, 0.25) is 0 Å². The second kappa shape index (κ2) is 9.47. The van der Waals surface area contributed by atoms with Crippen LogP contribution in [0, 0.1) is 11.3 Å². The van der Waals surface area contributed by atoms with Crippen molar-refractivity contribution in [2.45, 2.75) is 18.8 Å². The highest BCUT2D eigenvalue weighted by molar-refractivity contribution is 5.83. The smallest absolute Gasteiger partial charge is 0.419 e. The summed E-state index contributed by atoms with van der Waals surface area (Å²) in [4.78, 5) is 5.91. The fourth-order valence-electron chi connectivity index (χ4n) is 3.22. The number of aryl methyl sites for hydroxylation is 1. The van der Waals surface area contributed by atoms with Gasteiger partial charge in [-0.1, -0.05) is 5.21 Å². The van der Waals surface area contributed by atoms with Gasteiger partial charge in [0.05, 0.1) is 23.4 Å². The van der Waals surface area contributed by atoms with Gasteiger partial charge >= 0.3 is 6.18 Å². The van der Waals surface area contributed by atoms with E-state index in [4.69, 9.17) is 15.6 Å². The molecule has 0 amide bonds. The highest BCUT2D eigenvalue weighted by Gasteiger charge is 2.35. The number of aliphatic hydroxyl groups excluding tert-OH is 1. The van der Waals surface area contributed by atoms with Crippen LogP contribution in [0.3, 0.4) is 0 Å². The molecule has 3 rings (SSSR count). The Morgan fingerprint density at radius 2 is 2.09 bits per heavy atom. The first-order chi connectivity index (χ1) is 15.1. The first-order valence-corrected chi connectivity index (χ1v) is 9.67. The normalized spacial score (nSPS) is 12.8. The number of hydrogen-bond acceptors (Lipinski definition) is 8. The molecule has 0 aliphatic heterocycles. The molecule has 0 aliphatic carbocycles. The quantitative estimate of drug-likeness (QED) is 0.395. The lowest BCUT2D eigenvalue weighted by Gasteiger charge is -2.19. The zero-order chi connectivity index (χ0) is 23.5. The zero-order valence-corrected chi connectivity index (χ0v) is 17.5. The molecule has 2 heterocycles. The van der Waals surface area contributed by atoms with Gasteiger partial charge in [0.1, 0.15) is 23.6 Å². The molecule has 2 aromatic heterocycles. The van der Waals surface area contributed by atoms with E-state index in [1.807, 2.05) is 6.07 Å². The number of hydrogen-bond donors (Lipinski definition) is 2. The number of ether oxygens (including phenoxy) is 1. The third-order valence-electron chi connectivity index (χ3n) is 4.73. The van der Waals surface area contributed by atoms with Crippen LogP contribution in [0.1, 0.15) is 17.7 Å². The minimum absolute atomic E-state index is 0.0220. The second-order valence-corrected chi connectivity index (χ2v) is 7.29. The molecule has 0 spiro atoms. The Balaban J connectivity index is 1.85. The molecule has 9 nitrogen and oxygen atoms in total. The number of alkyl halides is 3. The summed E-state index contributed by atoms with van der Waals surface area (Å²) in [5.74, 6) is -0.299. The molecule has 3 aromatic rings. The van der Waals surface area contributed by atoms with Gasteiger partial charge in [0.25, 0.3) is 0 Å². The summed E-state index contributed by atoms with van der Waals surface area (Å²) < 4.78 is 47.9. The number of halogens is 3. The lowest BCUT2D eigenvalue weighted by atomic mass is 10.1. The van der Waals surface area contributed by atoms with E-state index in [9.17, 15) is 18.4 Å². The van der Waals surface area contributed by atoms with Crippen LogP contribution in [0.4, 0.5) is 13.2 Å². The average molecular weight is 449 g/mol. The van der Waals surface area contributed by atoms with Crippen molar-refractivity contribution in [2.24, 2.45) is 12.8 Å². The molecular formula is C20H22F3N7O2. The molecule has 0 bridgehead atoms. The van der Waals surface area contributed by atoms with Crippen molar-refractivity contribution in [1.82, 2.24) is 24.9 Å². The van der Waals surface area contributed by atoms with Gasteiger partial charge in [-0.2, -0.15) is 18.4 Å². The van der Waals surface area contributed by atoms with Crippen molar-refractivity contribution in [2.75, 3.05) is 26.7 Å². The molecule has 0 aliphatic rings. The van der Waals surface area contributed by atoms with E-state index in [2.05, 4.69) is 15.3 Å². The third kappa shape index (κ3) is 5.31.